The van der Waals surface area contributed by atoms with Crippen LogP contribution in [-0.4, -0.2) is 48.1 Å². The van der Waals surface area contributed by atoms with Crippen molar-refractivity contribution in [1.82, 2.24) is 5.32 Å². The molecule has 0 aliphatic rings. The van der Waals surface area contributed by atoms with Gasteiger partial charge < -0.3 is 14.8 Å². The third kappa shape index (κ3) is 4.78. The highest BCUT2D eigenvalue weighted by Crippen LogP contribution is 2.32. The highest BCUT2D eigenvalue weighted by Gasteiger charge is 2.58. The maximum atomic E-state index is 12.8. The van der Waals surface area contributed by atoms with E-state index in [1.54, 1.807) is 18.2 Å². The summed E-state index contributed by atoms with van der Waals surface area (Å²) in [5, 5.41) is 13.5. The molecule has 1 aromatic rings. The van der Waals surface area contributed by atoms with Crippen molar-refractivity contribution in [2.24, 2.45) is 0 Å². The van der Waals surface area contributed by atoms with E-state index in [0.717, 1.165) is 6.92 Å². The summed E-state index contributed by atoms with van der Waals surface area (Å²) >= 11 is 0. The van der Waals surface area contributed by atoms with Crippen LogP contribution < -0.4 is 5.32 Å². The molecule has 9 nitrogen and oxygen atoms in total. The van der Waals surface area contributed by atoms with Crippen molar-refractivity contribution < 1.29 is 28.8 Å². The fourth-order valence-corrected chi connectivity index (χ4v) is 2.65. The minimum atomic E-state index is -2.37. The van der Waals surface area contributed by atoms with E-state index < -0.39 is 40.8 Å². The molecule has 142 valence electrons. The number of hydrogen-bond donors (Lipinski definition) is 1. The Hall–Kier alpha value is -2.97. The molecule has 0 aromatic heterocycles. The predicted octanol–water partition coefficient (Wildman–Crippen LogP) is 1.05. The van der Waals surface area contributed by atoms with Crippen LogP contribution in [0.5, 0.6) is 0 Å². The molecule has 1 aromatic carbocycles. The zero-order chi connectivity index (χ0) is 19.7. The maximum Gasteiger partial charge on any atom is 0.344 e. The smallest absolute Gasteiger partial charge is 0.344 e. The third-order valence-corrected chi connectivity index (χ3v) is 3.62. The molecule has 0 heterocycles. The summed E-state index contributed by atoms with van der Waals surface area (Å²) in [6.45, 7) is 3.18. The van der Waals surface area contributed by atoms with E-state index >= 15 is 0 Å². The van der Waals surface area contributed by atoms with Crippen LogP contribution in [0.2, 0.25) is 0 Å². The molecule has 0 saturated heterocycles. The molecule has 1 amide bonds. The van der Waals surface area contributed by atoms with Crippen LogP contribution in [0.15, 0.2) is 30.3 Å². The Morgan fingerprint density at radius 2 is 1.62 bits per heavy atom. The Balaban J connectivity index is 3.66. The van der Waals surface area contributed by atoms with Gasteiger partial charge in [0.2, 0.25) is 18.0 Å². The second kappa shape index (κ2) is 9.50. The van der Waals surface area contributed by atoms with E-state index in [1.807, 2.05) is 0 Å². The Labute approximate surface area is 150 Å². The molecule has 1 atom stereocenters. The van der Waals surface area contributed by atoms with Gasteiger partial charge in [-0.1, -0.05) is 30.3 Å². The highest BCUT2D eigenvalue weighted by molar-refractivity contribution is 6.09. The van der Waals surface area contributed by atoms with Crippen molar-refractivity contribution in [2.75, 3.05) is 19.8 Å². The van der Waals surface area contributed by atoms with E-state index in [-0.39, 0.29) is 13.2 Å². The van der Waals surface area contributed by atoms with Gasteiger partial charge >= 0.3 is 11.9 Å². The molecule has 26 heavy (non-hydrogen) atoms. The molecule has 0 bridgehead atoms. The molecule has 9 heteroatoms. The Morgan fingerprint density at radius 3 is 2.00 bits per heavy atom. The second-order valence-corrected chi connectivity index (χ2v) is 5.41. The van der Waals surface area contributed by atoms with Gasteiger partial charge in [0.25, 0.3) is 0 Å². The standard InChI is InChI=1S/C17H22N2O7/c1-4-25-15(21)17(18-12(3)20,16(22)26-5-2)14(11-19(23)24)13-9-7-6-8-10-13/h6-10,14H,4-5,11H2,1-3H3,(H,18,20)/t14-/m1/s1. The number of rotatable bonds is 9. The number of nitro groups is 1. The van der Waals surface area contributed by atoms with Gasteiger partial charge in [-0.15, -0.1) is 0 Å². The normalized spacial score (nSPS) is 12.0. The molecular formula is C17H22N2O7. The SMILES string of the molecule is CCOC(=O)C(NC(C)=O)(C(=O)OCC)[C@H](C[N+](=O)[O-])c1ccccc1. The summed E-state index contributed by atoms with van der Waals surface area (Å²) in [5.74, 6) is -4.26. The topological polar surface area (TPSA) is 125 Å². The summed E-state index contributed by atoms with van der Waals surface area (Å²) < 4.78 is 9.97. The lowest BCUT2D eigenvalue weighted by molar-refractivity contribution is -0.484. The van der Waals surface area contributed by atoms with Crippen molar-refractivity contribution in [3.63, 3.8) is 0 Å². The lowest BCUT2D eigenvalue weighted by Gasteiger charge is -2.34. The summed E-state index contributed by atoms with van der Waals surface area (Å²) in [6.07, 6.45) is 0. The van der Waals surface area contributed by atoms with Crippen LogP contribution in [0.3, 0.4) is 0 Å². The number of amides is 1. The average Bonchev–Trinajstić information content (AvgIpc) is 2.58. The minimum Gasteiger partial charge on any atom is -0.464 e. The Kier molecular flexibility index (Phi) is 7.70. The lowest BCUT2D eigenvalue weighted by atomic mass is 9.78. The molecule has 0 unspecified atom stereocenters. The first-order valence-electron chi connectivity index (χ1n) is 8.09. The molecule has 0 fully saturated rings. The molecule has 0 aliphatic carbocycles. The number of hydrogen-bond acceptors (Lipinski definition) is 7. The van der Waals surface area contributed by atoms with Gasteiger partial charge in [0, 0.05) is 11.8 Å². The van der Waals surface area contributed by atoms with Crippen LogP contribution >= 0.6 is 0 Å². The van der Waals surface area contributed by atoms with E-state index in [0.29, 0.717) is 5.56 Å². The molecule has 0 radical (unpaired) electrons. The zero-order valence-corrected chi connectivity index (χ0v) is 14.9. The quantitative estimate of drug-likeness (QED) is 0.300. The summed E-state index contributed by atoms with van der Waals surface area (Å²) in [6, 6.07) is 7.96. The van der Waals surface area contributed by atoms with Crippen molar-refractivity contribution in [3.05, 3.63) is 46.0 Å². The molecule has 0 spiro atoms. The largest absolute Gasteiger partial charge is 0.464 e. The van der Waals surface area contributed by atoms with Gasteiger partial charge in [0.1, 0.15) is 0 Å². The maximum absolute atomic E-state index is 12.8. The first kappa shape index (κ1) is 21.1. The summed E-state index contributed by atoms with van der Waals surface area (Å²) in [4.78, 5) is 47.9. The monoisotopic (exact) mass is 366 g/mol. The summed E-state index contributed by atoms with van der Waals surface area (Å²) in [5.41, 5.74) is -2.05. The average molecular weight is 366 g/mol. The first-order chi connectivity index (χ1) is 12.3. The van der Waals surface area contributed by atoms with Crippen LogP contribution in [-0.2, 0) is 23.9 Å². The van der Waals surface area contributed by atoms with E-state index in [1.165, 1.54) is 26.0 Å². The van der Waals surface area contributed by atoms with Gasteiger partial charge in [0.15, 0.2) is 0 Å². The van der Waals surface area contributed by atoms with Crippen LogP contribution in [0.4, 0.5) is 0 Å². The molecule has 1 N–H and O–H groups in total. The number of carbonyl (C=O) groups is 3. The minimum absolute atomic E-state index is 0.0838. The van der Waals surface area contributed by atoms with Gasteiger partial charge in [0.05, 0.1) is 19.1 Å². The van der Waals surface area contributed by atoms with E-state index in [9.17, 15) is 24.5 Å². The number of benzene rings is 1. The fourth-order valence-electron chi connectivity index (χ4n) is 2.65. The predicted molar refractivity (Wildman–Crippen MR) is 90.9 cm³/mol. The Bertz CT molecular complexity index is 642. The highest BCUT2D eigenvalue weighted by atomic mass is 16.6. The van der Waals surface area contributed by atoms with Gasteiger partial charge in [-0.2, -0.15) is 0 Å². The van der Waals surface area contributed by atoms with Crippen LogP contribution in [0, 0.1) is 10.1 Å². The number of ether oxygens (including phenoxy) is 2. The van der Waals surface area contributed by atoms with Crippen molar-refractivity contribution in [1.29, 1.82) is 0 Å². The fraction of sp³-hybridized carbons (Fsp3) is 0.471. The zero-order valence-electron chi connectivity index (χ0n) is 14.9. The molecular weight excluding hydrogens is 344 g/mol. The molecule has 1 rings (SSSR count). The number of nitrogens with zero attached hydrogens (tertiary/aromatic N) is 1. The molecule has 0 aliphatic heterocycles. The van der Waals surface area contributed by atoms with Crippen molar-refractivity contribution in [2.45, 2.75) is 32.2 Å². The van der Waals surface area contributed by atoms with E-state index in [4.69, 9.17) is 9.47 Å². The molecule has 0 saturated carbocycles. The van der Waals surface area contributed by atoms with E-state index in [2.05, 4.69) is 5.32 Å². The number of esters is 2. The van der Waals surface area contributed by atoms with Crippen LogP contribution in [0.1, 0.15) is 32.3 Å². The van der Waals surface area contributed by atoms with Gasteiger partial charge in [-0.3, -0.25) is 14.9 Å². The number of nitrogens with one attached hydrogen (secondary N) is 1. The summed E-state index contributed by atoms with van der Waals surface area (Å²) in [7, 11) is 0. The first-order valence-corrected chi connectivity index (χ1v) is 8.09. The number of carbonyl (C=O) groups excluding carboxylic acids is 3. The Morgan fingerprint density at radius 1 is 1.12 bits per heavy atom. The van der Waals surface area contributed by atoms with Crippen molar-refractivity contribution in [3.8, 4) is 0 Å². The third-order valence-electron chi connectivity index (χ3n) is 3.62. The van der Waals surface area contributed by atoms with Gasteiger partial charge in [-0.25, -0.2) is 9.59 Å². The lowest BCUT2D eigenvalue weighted by Crippen LogP contribution is -2.65. The second-order valence-electron chi connectivity index (χ2n) is 5.41. The van der Waals surface area contributed by atoms with Gasteiger partial charge in [-0.05, 0) is 19.4 Å². The van der Waals surface area contributed by atoms with Crippen molar-refractivity contribution >= 4 is 17.8 Å². The van der Waals surface area contributed by atoms with Crippen LogP contribution in [0.25, 0.3) is 0 Å².